The van der Waals surface area contributed by atoms with Crippen LogP contribution in [0.2, 0.25) is 0 Å². The van der Waals surface area contributed by atoms with E-state index >= 15 is 0 Å². The normalized spacial score (nSPS) is 14.6. The van der Waals surface area contributed by atoms with Gasteiger partial charge in [0.05, 0.1) is 5.52 Å². The van der Waals surface area contributed by atoms with Crippen molar-refractivity contribution >= 4 is 38.1 Å². The van der Waals surface area contributed by atoms with Gasteiger partial charge in [-0.3, -0.25) is 0 Å². The Bertz CT molecular complexity index is 918. The highest BCUT2D eigenvalue weighted by atomic mass is 32.2. The highest BCUT2D eigenvalue weighted by Crippen LogP contribution is 2.34. The van der Waals surface area contributed by atoms with Gasteiger partial charge in [0.25, 0.3) is 10.0 Å². The van der Waals surface area contributed by atoms with E-state index in [-0.39, 0.29) is 0 Å². The van der Waals surface area contributed by atoms with Gasteiger partial charge in [-0.25, -0.2) is 17.7 Å². The molecule has 0 saturated carbocycles. The molecule has 0 amide bonds. The van der Waals surface area contributed by atoms with Gasteiger partial charge in [-0.15, -0.1) is 11.3 Å². The van der Waals surface area contributed by atoms with Crippen molar-refractivity contribution < 1.29 is 8.42 Å². The second-order valence-electron chi connectivity index (χ2n) is 4.92. The Labute approximate surface area is 126 Å². The van der Waals surface area contributed by atoms with Crippen molar-refractivity contribution in [3.05, 3.63) is 53.4 Å². The molecular formula is C15H12N2O2S2. The summed E-state index contributed by atoms with van der Waals surface area (Å²) >= 11 is 1.24. The lowest BCUT2D eigenvalue weighted by molar-refractivity contribution is 0.594. The molecule has 3 aromatic rings. The number of aromatic nitrogens is 1. The van der Waals surface area contributed by atoms with Gasteiger partial charge in [0.1, 0.15) is 10.0 Å². The minimum atomic E-state index is -3.49. The van der Waals surface area contributed by atoms with Crippen molar-refractivity contribution in [1.82, 2.24) is 4.98 Å². The van der Waals surface area contributed by atoms with Gasteiger partial charge in [-0.1, -0.05) is 24.3 Å². The zero-order chi connectivity index (χ0) is 14.4. The fourth-order valence-corrected chi connectivity index (χ4v) is 5.19. The molecule has 4 nitrogen and oxygen atoms in total. The molecule has 0 spiro atoms. The van der Waals surface area contributed by atoms with Crippen molar-refractivity contribution in [3.8, 4) is 0 Å². The number of sulfonamides is 1. The van der Waals surface area contributed by atoms with Crippen LogP contribution in [0.1, 0.15) is 5.56 Å². The average molecular weight is 316 g/mol. The second-order valence-corrected chi connectivity index (χ2v) is 7.96. The van der Waals surface area contributed by atoms with Gasteiger partial charge in [-0.05, 0) is 35.6 Å². The summed E-state index contributed by atoms with van der Waals surface area (Å²) in [4.78, 5) is 4.56. The number of benzene rings is 1. The summed E-state index contributed by atoms with van der Waals surface area (Å²) < 4.78 is 27.2. The molecule has 0 N–H and O–H groups in total. The average Bonchev–Trinajstić information content (AvgIpc) is 3.14. The summed E-state index contributed by atoms with van der Waals surface area (Å²) in [6.45, 7) is 0.457. The summed E-state index contributed by atoms with van der Waals surface area (Å²) in [5.74, 6) is 0.571. The standard InChI is InChI=1S/C15H12N2O2S2/c18-21(19,14-6-3-9-20-14)17-8-7-12-10-11-4-1-2-5-13(11)16-15(12)17/h1-6,9-10H,7-8H2. The Balaban J connectivity index is 1.88. The maximum absolute atomic E-state index is 12.7. The third kappa shape index (κ3) is 1.94. The van der Waals surface area contributed by atoms with Crippen molar-refractivity contribution in [3.63, 3.8) is 0 Å². The first-order valence-corrected chi connectivity index (χ1v) is 8.93. The molecular weight excluding hydrogens is 304 g/mol. The number of hydrogen-bond donors (Lipinski definition) is 0. The molecule has 4 rings (SSSR count). The van der Waals surface area contributed by atoms with Gasteiger partial charge in [0, 0.05) is 11.9 Å². The first-order chi connectivity index (χ1) is 10.2. The lowest BCUT2D eigenvalue weighted by atomic mass is 10.1. The summed E-state index contributed by atoms with van der Waals surface area (Å²) in [6, 6.07) is 13.2. The van der Waals surface area contributed by atoms with Crippen LogP contribution in [0.4, 0.5) is 5.82 Å². The quantitative estimate of drug-likeness (QED) is 0.730. The maximum Gasteiger partial charge on any atom is 0.275 e. The Morgan fingerprint density at radius 3 is 2.81 bits per heavy atom. The zero-order valence-corrected chi connectivity index (χ0v) is 12.7. The lowest BCUT2D eigenvalue weighted by Gasteiger charge is -2.17. The van der Waals surface area contributed by atoms with Gasteiger partial charge in [0.15, 0.2) is 0 Å². The monoisotopic (exact) mass is 316 g/mol. The van der Waals surface area contributed by atoms with E-state index in [1.54, 1.807) is 17.5 Å². The van der Waals surface area contributed by atoms with E-state index in [2.05, 4.69) is 4.98 Å². The summed E-state index contributed by atoms with van der Waals surface area (Å²) in [7, 11) is -3.49. The van der Waals surface area contributed by atoms with Crippen molar-refractivity contribution in [2.75, 3.05) is 10.8 Å². The predicted molar refractivity (Wildman–Crippen MR) is 84.3 cm³/mol. The lowest BCUT2D eigenvalue weighted by Crippen LogP contribution is -2.29. The fraction of sp³-hybridized carbons (Fsp3) is 0.133. The number of nitrogens with zero attached hydrogens (tertiary/aromatic N) is 2. The maximum atomic E-state index is 12.7. The molecule has 1 aromatic carbocycles. The smallest absolute Gasteiger partial charge is 0.249 e. The predicted octanol–water partition coefficient (Wildman–Crippen LogP) is 3.05. The van der Waals surface area contributed by atoms with E-state index in [0.29, 0.717) is 23.0 Å². The molecule has 0 saturated heterocycles. The Morgan fingerprint density at radius 1 is 1.14 bits per heavy atom. The molecule has 106 valence electrons. The van der Waals surface area contributed by atoms with E-state index in [9.17, 15) is 8.42 Å². The number of hydrogen-bond acceptors (Lipinski definition) is 4. The summed E-state index contributed by atoms with van der Waals surface area (Å²) in [5, 5.41) is 2.82. The number of fused-ring (bicyclic) bond motifs is 2. The minimum absolute atomic E-state index is 0.366. The van der Waals surface area contributed by atoms with Crippen LogP contribution in [0.3, 0.4) is 0 Å². The molecule has 0 bridgehead atoms. The SMILES string of the molecule is O=S(=O)(c1cccs1)N1CCc2cc3ccccc3nc21. The number of rotatable bonds is 2. The minimum Gasteiger partial charge on any atom is -0.249 e. The molecule has 2 aromatic heterocycles. The molecule has 0 fully saturated rings. The topological polar surface area (TPSA) is 50.3 Å². The molecule has 0 radical (unpaired) electrons. The second kappa shape index (κ2) is 4.54. The molecule has 0 atom stereocenters. The summed E-state index contributed by atoms with van der Waals surface area (Å²) in [6.07, 6.45) is 0.706. The van der Waals surface area contributed by atoms with Crippen LogP contribution in [0.15, 0.2) is 52.1 Å². The van der Waals surface area contributed by atoms with Crippen LogP contribution < -0.4 is 4.31 Å². The largest absolute Gasteiger partial charge is 0.275 e. The van der Waals surface area contributed by atoms with Gasteiger partial charge >= 0.3 is 0 Å². The third-order valence-electron chi connectivity index (χ3n) is 3.64. The first kappa shape index (κ1) is 12.8. The zero-order valence-electron chi connectivity index (χ0n) is 11.1. The molecule has 21 heavy (non-hydrogen) atoms. The van der Waals surface area contributed by atoms with Gasteiger partial charge in [-0.2, -0.15) is 0 Å². The van der Waals surface area contributed by atoms with Crippen LogP contribution in [0, 0.1) is 0 Å². The number of para-hydroxylation sites is 1. The van der Waals surface area contributed by atoms with Crippen LogP contribution >= 0.6 is 11.3 Å². The number of pyridine rings is 1. The molecule has 0 aliphatic carbocycles. The van der Waals surface area contributed by atoms with E-state index in [4.69, 9.17) is 0 Å². The summed E-state index contributed by atoms with van der Waals surface area (Å²) in [5.41, 5.74) is 1.82. The van der Waals surface area contributed by atoms with E-state index < -0.39 is 10.0 Å². The first-order valence-electron chi connectivity index (χ1n) is 6.61. The number of thiophene rings is 1. The molecule has 6 heteroatoms. The van der Waals surface area contributed by atoms with Crippen LogP contribution in [-0.2, 0) is 16.4 Å². The van der Waals surface area contributed by atoms with Crippen LogP contribution in [0.5, 0.6) is 0 Å². The molecule has 1 aliphatic heterocycles. The Morgan fingerprint density at radius 2 is 2.00 bits per heavy atom. The van der Waals surface area contributed by atoms with Crippen LogP contribution in [-0.4, -0.2) is 19.9 Å². The van der Waals surface area contributed by atoms with E-state index in [0.717, 1.165) is 16.5 Å². The third-order valence-corrected chi connectivity index (χ3v) is 6.80. The molecule has 3 heterocycles. The van der Waals surface area contributed by atoms with Crippen molar-refractivity contribution in [2.45, 2.75) is 10.6 Å². The van der Waals surface area contributed by atoms with Gasteiger partial charge < -0.3 is 0 Å². The van der Waals surface area contributed by atoms with Crippen molar-refractivity contribution in [2.24, 2.45) is 0 Å². The Kier molecular flexibility index (Phi) is 2.77. The Hall–Kier alpha value is -1.92. The highest BCUT2D eigenvalue weighted by molar-refractivity contribution is 7.94. The van der Waals surface area contributed by atoms with Crippen LogP contribution in [0.25, 0.3) is 10.9 Å². The number of anilines is 1. The molecule has 0 unspecified atom stereocenters. The van der Waals surface area contributed by atoms with E-state index in [1.807, 2.05) is 30.3 Å². The van der Waals surface area contributed by atoms with Gasteiger partial charge in [0.2, 0.25) is 0 Å². The van der Waals surface area contributed by atoms with E-state index in [1.165, 1.54) is 15.6 Å². The highest BCUT2D eigenvalue weighted by Gasteiger charge is 2.32. The van der Waals surface area contributed by atoms with Crippen molar-refractivity contribution in [1.29, 1.82) is 0 Å². The fourth-order valence-electron chi connectivity index (χ4n) is 2.63. The molecule has 1 aliphatic rings.